The number of anilines is 1. The number of nitriles is 1. The van der Waals surface area contributed by atoms with Crippen molar-refractivity contribution in [2.45, 2.75) is 63.1 Å². The molecule has 3 aliphatic rings. The van der Waals surface area contributed by atoms with Crippen molar-refractivity contribution < 1.29 is 18.0 Å². The van der Waals surface area contributed by atoms with Crippen molar-refractivity contribution in [3.8, 4) is 6.07 Å². The topological polar surface area (TPSA) is 83.4 Å². The van der Waals surface area contributed by atoms with Crippen LogP contribution in [0.5, 0.6) is 0 Å². The third kappa shape index (κ3) is 4.81. The normalized spacial score (nSPS) is 27.6. The van der Waals surface area contributed by atoms with E-state index in [-0.39, 0.29) is 29.5 Å². The molecule has 2 aliphatic heterocycles. The highest BCUT2D eigenvalue weighted by Crippen LogP contribution is 2.41. The minimum Gasteiger partial charge on any atom is -0.368 e. The average Bonchev–Trinajstić information content (AvgIpc) is 3.49. The van der Waals surface area contributed by atoms with E-state index < -0.39 is 18.4 Å². The predicted molar refractivity (Wildman–Crippen MR) is 118 cm³/mol. The van der Waals surface area contributed by atoms with Gasteiger partial charge in [-0.05, 0) is 69.5 Å². The largest absolute Gasteiger partial charge is 0.408 e. The second-order valence-electron chi connectivity index (χ2n) is 9.58. The summed E-state index contributed by atoms with van der Waals surface area (Å²) in [5.41, 5.74) is 4.82. The summed E-state index contributed by atoms with van der Waals surface area (Å²) in [6.45, 7) is 2.26. The molecule has 3 N–H and O–H groups in total. The van der Waals surface area contributed by atoms with Gasteiger partial charge in [0.1, 0.15) is 12.2 Å². The van der Waals surface area contributed by atoms with E-state index in [0.717, 1.165) is 24.2 Å². The summed E-state index contributed by atoms with van der Waals surface area (Å²) in [5, 5.41) is 17.7. The highest BCUT2D eigenvalue weighted by Gasteiger charge is 2.52. The Hall–Kier alpha value is -2.35. The molecule has 10 heteroatoms. The Bertz CT molecular complexity index is 926. The van der Waals surface area contributed by atoms with Crippen LogP contribution in [-0.4, -0.2) is 60.9 Å². The average molecular weight is 465 g/mol. The van der Waals surface area contributed by atoms with Gasteiger partial charge in [0, 0.05) is 24.3 Å². The van der Waals surface area contributed by atoms with Gasteiger partial charge in [0.15, 0.2) is 0 Å². The summed E-state index contributed by atoms with van der Waals surface area (Å²) in [4.78, 5) is 13.9. The van der Waals surface area contributed by atoms with Gasteiger partial charge < -0.3 is 10.6 Å². The molecule has 0 spiro atoms. The smallest absolute Gasteiger partial charge is 0.368 e. The molecule has 4 unspecified atom stereocenters. The van der Waals surface area contributed by atoms with Crippen LogP contribution in [0, 0.1) is 30.1 Å². The number of alkyl halides is 3. The number of fused-ring (bicyclic) bond motifs is 1. The molecule has 5 atom stereocenters. The first-order valence-electron chi connectivity index (χ1n) is 11.4. The number of nitrogens with one attached hydrogen (secondary N) is 3. The third-order valence-electron chi connectivity index (χ3n) is 7.00. The lowest BCUT2D eigenvalue weighted by atomic mass is 9.90. The molecule has 33 heavy (non-hydrogen) atoms. The second kappa shape index (κ2) is 9.12. The highest BCUT2D eigenvalue weighted by molar-refractivity contribution is 5.82. The number of piperidine rings is 1. The van der Waals surface area contributed by atoms with Crippen LogP contribution < -0.4 is 16.1 Å². The van der Waals surface area contributed by atoms with Gasteiger partial charge in [-0.15, -0.1) is 0 Å². The quantitative estimate of drug-likeness (QED) is 0.576. The Morgan fingerprint density at radius 1 is 1.30 bits per heavy atom. The van der Waals surface area contributed by atoms with Gasteiger partial charge in [0.05, 0.1) is 18.4 Å². The molecule has 0 aromatic heterocycles. The summed E-state index contributed by atoms with van der Waals surface area (Å²) >= 11 is 0. The number of hydrogen-bond acceptors (Lipinski definition) is 6. The predicted octanol–water partition coefficient (Wildman–Crippen LogP) is 2.92. The fourth-order valence-electron chi connectivity index (χ4n) is 5.37. The van der Waals surface area contributed by atoms with Gasteiger partial charge >= 0.3 is 6.18 Å². The van der Waals surface area contributed by atoms with E-state index in [1.54, 1.807) is 19.1 Å². The molecular formula is C23H31F3N6O. The van der Waals surface area contributed by atoms with Gasteiger partial charge in [0.25, 0.3) is 0 Å². The molecule has 1 aromatic rings. The van der Waals surface area contributed by atoms with Crippen molar-refractivity contribution in [3.63, 3.8) is 0 Å². The standard InChI is InChI=1S/C23H31F3N6O/c1-13-12-15(6-7-16(13)20(31(2)3)23(24,25)26)29-21-19-18(9-11-28-22(19)33)32(30-21)17(8-10-27)14-4-5-14/h6-7,12,14,17-21,29-30H,4-5,8-9,11H2,1-3H3,(H,28,33)/t17-,18?,19?,20?,21?/m0/s1. The van der Waals surface area contributed by atoms with E-state index in [2.05, 4.69) is 27.1 Å². The highest BCUT2D eigenvalue weighted by atomic mass is 19.4. The summed E-state index contributed by atoms with van der Waals surface area (Å²) < 4.78 is 40.8. The van der Waals surface area contributed by atoms with Crippen molar-refractivity contribution in [2.75, 3.05) is 26.0 Å². The number of aryl methyl sites for hydroxylation is 1. The number of amides is 1. The fraction of sp³-hybridized carbons (Fsp3) is 0.652. The monoisotopic (exact) mass is 464 g/mol. The van der Waals surface area contributed by atoms with E-state index in [1.165, 1.54) is 20.2 Å². The van der Waals surface area contributed by atoms with Crippen LogP contribution >= 0.6 is 0 Å². The van der Waals surface area contributed by atoms with Crippen LogP contribution in [0.3, 0.4) is 0 Å². The Kier molecular flexibility index (Phi) is 6.58. The Balaban J connectivity index is 1.57. The maximum atomic E-state index is 13.6. The molecule has 1 aliphatic carbocycles. The minimum absolute atomic E-state index is 0.0288. The van der Waals surface area contributed by atoms with E-state index in [4.69, 9.17) is 0 Å². The number of rotatable bonds is 7. The van der Waals surface area contributed by atoms with Crippen molar-refractivity contribution in [1.82, 2.24) is 20.7 Å². The second-order valence-corrected chi connectivity index (χ2v) is 9.58. The summed E-state index contributed by atoms with van der Waals surface area (Å²) in [5.74, 6) is 0.0418. The number of carbonyl (C=O) groups excluding carboxylic acids is 1. The molecule has 1 saturated carbocycles. The SMILES string of the molecule is Cc1cc(NC2NN([C@@H](CC#N)C3CC3)C3CCNC(=O)C23)ccc1C(N(C)C)C(F)(F)F. The number of carbonyl (C=O) groups is 1. The van der Waals surface area contributed by atoms with Gasteiger partial charge in [0.2, 0.25) is 5.91 Å². The van der Waals surface area contributed by atoms with Crippen molar-refractivity contribution >= 4 is 11.6 Å². The van der Waals surface area contributed by atoms with Crippen LogP contribution in [0.25, 0.3) is 0 Å². The first-order chi connectivity index (χ1) is 15.6. The van der Waals surface area contributed by atoms with Gasteiger partial charge in [-0.3, -0.25) is 9.69 Å². The van der Waals surface area contributed by atoms with Gasteiger partial charge in [-0.1, -0.05) is 6.07 Å². The summed E-state index contributed by atoms with van der Waals surface area (Å²) in [6.07, 6.45) is -1.45. The van der Waals surface area contributed by atoms with Crippen molar-refractivity contribution in [3.05, 3.63) is 29.3 Å². The lowest BCUT2D eigenvalue weighted by Gasteiger charge is -2.34. The number of halogens is 3. The zero-order valence-electron chi connectivity index (χ0n) is 19.1. The lowest BCUT2D eigenvalue weighted by Crippen LogP contribution is -2.52. The molecule has 2 heterocycles. The maximum absolute atomic E-state index is 13.6. The molecule has 0 bridgehead atoms. The zero-order chi connectivity index (χ0) is 23.9. The first kappa shape index (κ1) is 23.8. The fourth-order valence-corrected chi connectivity index (χ4v) is 5.37. The number of hydrazine groups is 1. The number of hydrogen-bond donors (Lipinski definition) is 3. The zero-order valence-corrected chi connectivity index (χ0v) is 19.1. The van der Waals surface area contributed by atoms with Crippen LogP contribution in [-0.2, 0) is 4.79 Å². The Labute approximate surface area is 192 Å². The Morgan fingerprint density at radius 3 is 2.61 bits per heavy atom. The minimum atomic E-state index is -4.39. The molecular weight excluding hydrogens is 433 g/mol. The molecule has 7 nitrogen and oxygen atoms in total. The summed E-state index contributed by atoms with van der Waals surface area (Å²) in [6, 6.07) is 5.46. The van der Waals surface area contributed by atoms with E-state index in [1.807, 2.05) is 0 Å². The van der Waals surface area contributed by atoms with Crippen molar-refractivity contribution in [1.29, 1.82) is 5.26 Å². The number of benzene rings is 1. The van der Waals surface area contributed by atoms with Gasteiger partial charge in [-0.25, -0.2) is 10.4 Å². The molecule has 2 saturated heterocycles. The molecule has 180 valence electrons. The molecule has 3 fully saturated rings. The third-order valence-corrected chi connectivity index (χ3v) is 7.00. The summed E-state index contributed by atoms with van der Waals surface area (Å²) in [7, 11) is 2.83. The van der Waals surface area contributed by atoms with E-state index in [0.29, 0.717) is 30.1 Å². The van der Waals surface area contributed by atoms with Gasteiger partial charge in [-0.2, -0.15) is 18.4 Å². The Morgan fingerprint density at radius 2 is 2.03 bits per heavy atom. The molecule has 4 rings (SSSR count). The van der Waals surface area contributed by atoms with Crippen LogP contribution in [0.1, 0.15) is 42.9 Å². The van der Waals surface area contributed by atoms with E-state index in [9.17, 15) is 23.2 Å². The number of nitrogens with zero attached hydrogens (tertiary/aromatic N) is 3. The molecule has 1 amide bonds. The van der Waals surface area contributed by atoms with Crippen LogP contribution in [0.15, 0.2) is 18.2 Å². The lowest BCUT2D eigenvalue weighted by molar-refractivity contribution is -0.179. The first-order valence-corrected chi connectivity index (χ1v) is 11.4. The van der Waals surface area contributed by atoms with Crippen LogP contribution in [0.2, 0.25) is 0 Å². The maximum Gasteiger partial charge on any atom is 0.408 e. The molecule has 0 radical (unpaired) electrons. The van der Waals surface area contributed by atoms with Crippen molar-refractivity contribution in [2.24, 2.45) is 11.8 Å². The van der Waals surface area contributed by atoms with Crippen LogP contribution in [0.4, 0.5) is 18.9 Å². The molecule has 1 aromatic carbocycles. The van der Waals surface area contributed by atoms with E-state index >= 15 is 0 Å².